The molecule has 0 bridgehead atoms. The van der Waals surface area contributed by atoms with Gasteiger partial charge in [-0.05, 0) is 57.8 Å². The first-order valence-corrected chi connectivity index (χ1v) is 8.10. The summed E-state index contributed by atoms with van der Waals surface area (Å²) in [7, 11) is 2.71. The van der Waals surface area contributed by atoms with E-state index in [1.54, 1.807) is 5.06 Å². The predicted octanol–water partition coefficient (Wildman–Crippen LogP) is 1.38. The summed E-state index contributed by atoms with van der Waals surface area (Å²) in [6.45, 7) is 0.625. The van der Waals surface area contributed by atoms with Crippen molar-refractivity contribution in [3.63, 3.8) is 0 Å². The molecule has 0 spiro atoms. The summed E-state index contributed by atoms with van der Waals surface area (Å²) in [6, 6.07) is -0.234. The van der Waals surface area contributed by atoms with Gasteiger partial charge in [0.15, 0.2) is 0 Å². The monoisotopic (exact) mass is 401 g/mol. The third-order valence-corrected chi connectivity index (χ3v) is 3.96. The second-order valence-corrected chi connectivity index (χ2v) is 5.52. The van der Waals surface area contributed by atoms with Crippen LogP contribution in [0.5, 0.6) is 0 Å². The van der Waals surface area contributed by atoms with Crippen molar-refractivity contribution >= 4 is 11.9 Å². The molecule has 140 valence electrons. The van der Waals surface area contributed by atoms with Crippen LogP contribution in [0.2, 0.25) is 0 Å². The van der Waals surface area contributed by atoms with Crippen LogP contribution >= 0.6 is 0 Å². The summed E-state index contributed by atoms with van der Waals surface area (Å²) in [5.41, 5.74) is 0. The van der Waals surface area contributed by atoms with E-state index in [1.807, 2.05) is 57.8 Å². The van der Waals surface area contributed by atoms with Crippen LogP contribution in [-0.2, 0) is 41.0 Å². The van der Waals surface area contributed by atoms with Crippen molar-refractivity contribution in [1.29, 1.82) is 0 Å². The van der Waals surface area contributed by atoms with Gasteiger partial charge in [0.2, 0.25) is 0 Å². The van der Waals surface area contributed by atoms with Crippen LogP contribution in [0.25, 0.3) is 0 Å². The normalized spacial score (nSPS) is 25.9. The molecule has 0 aromatic carbocycles. The number of hydrogen-bond acceptors (Lipinski definition) is 6. The molecule has 1 aliphatic heterocycles. The molecule has 0 amide bonds. The molecule has 3 fully saturated rings. The minimum absolute atomic E-state index is 0. The molecule has 2 saturated carbocycles. The maximum absolute atomic E-state index is 11.8. The van der Waals surface area contributed by atoms with Crippen molar-refractivity contribution in [2.45, 2.75) is 12.5 Å². The number of carbonyl (C=O) groups excluding carboxylic acids is 2. The molecule has 3 rings (SSSR count). The quantitative estimate of drug-likeness (QED) is 0.513. The molecule has 1 heterocycles. The van der Waals surface area contributed by atoms with Gasteiger partial charge >= 0.3 is 29.0 Å². The molecule has 3 aliphatic rings. The minimum atomic E-state index is -0.389. The van der Waals surface area contributed by atoms with Gasteiger partial charge in [-0.15, -0.1) is 0 Å². The van der Waals surface area contributed by atoms with Gasteiger partial charge in [-0.2, -0.15) is 5.06 Å². The van der Waals surface area contributed by atoms with Gasteiger partial charge in [0.1, 0.15) is 5.92 Å². The van der Waals surface area contributed by atoms with E-state index in [4.69, 9.17) is 9.57 Å². The number of rotatable bonds is 5. The van der Waals surface area contributed by atoms with Crippen LogP contribution in [0, 0.1) is 69.6 Å². The minimum Gasteiger partial charge on any atom is -0.469 e. The Morgan fingerprint density at radius 3 is 2.12 bits per heavy atom. The van der Waals surface area contributed by atoms with Gasteiger partial charge in [-0.3, -0.25) is 14.4 Å². The molecule has 10 radical (unpaired) electrons. The molecule has 6 nitrogen and oxygen atoms in total. The van der Waals surface area contributed by atoms with E-state index < -0.39 is 0 Å². The van der Waals surface area contributed by atoms with Crippen molar-refractivity contribution in [2.75, 3.05) is 27.4 Å². The summed E-state index contributed by atoms with van der Waals surface area (Å²) in [4.78, 5) is 28.6. The Bertz CT molecular complexity index is 417. The number of nitrogens with zero attached hydrogens (tertiary/aromatic N) is 1. The average Bonchev–Trinajstić information content (AvgIpc) is 3.40. The molecule has 1 saturated heterocycles. The van der Waals surface area contributed by atoms with Gasteiger partial charge in [0.05, 0.1) is 33.3 Å². The van der Waals surface area contributed by atoms with Crippen LogP contribution in [0.4, 0.5) is 0 Å². The van der Waals surface area contributed by atoms with Crippen molar-refractivity contribution in [1.82, 2.24) is 5.06 Å². The molecular weight excluding hydrogens is 378 g/mol. The predicted molar refractivity (Wildman–Crippen MR) is 90.5 cm³/mol. The third-order valence-electron chi connectivity index (χ3n) is 3.96. The van der Waals surface area contributed by atoms with Crippen LogP contribution in [0.15, 0.2) is 0 Å². The van der Waals surface area contributed by atoms with Gasteiger partial charge < -0.3 is 9.47 Å². The molecule has 2 aliphatic carbocycles. The standard InChI is InChI=1S/C14H18NO5.C5H5.Fe/c1-18-12(16)7-8-15-13(10-5-3-4-6-10)11(9-20-15)14(17)19-2;1-2-4-5-3-1;/h3-6,11,13H,7-9H2,1-2H3;1-5H;/q;;+2/t11-,13+;;/m0../s1. The zero-order valence-electron chi connectivity index (χ0n) is 14.8. The van der Waals surface area contributed by atoms with Crippen LogP contribution in [0.1, 0.15) is 6.42 Å². The summed E-state index contributed by atoms with van der Waals surface area (Å²) in [5, 5.41) is 1.66. The van der Waals surface area contributed by atoms with Crippen molar-refractivity contribution in [2.24, 2.45) is 5.92 Å². The fraction of sp³-hybridized carbons (Fsp3) is 0.368. The molecule has 0 N–H and O–H groups in total. The summed E-state index contributed by atoms with van der Waals surface area (Å²) < 4.78 is 9.44. The molecule has 0 aromatic heterocycles. The van der Waals surface area contributed by atoms with E-state index in [-0.39, 0.29) is 54.0 Å². The second-order valence-electron chi connectivity index (χ2n) is 5.52. The first-order valence-electron chi connectivity index (χ1n) is 8.10. The number of hydroxylamine groups is 2. The maximum atomic E-state index is 11.8. The molecular formula is C19H23FeNO5+2. The molecule has 26 heavy (non-hydrogen) atoms. The van der Waals surface area contributed by atoms with Crippen molar-refractivity contribution in [3.8, 4) is 0 Å². The van der Waals surface area contributed by atoms with Gasteiger partial charge in [-0.25, -0.2) is 0 Å². The average molecular weight is 401 g/mol. The summed E-state index contributed by atoms with van der Waals surface area (Å²) >= 11 is 0. The Morgan fingerprint density at radius 1 is 1.04 bits per heavy atom. The largest absolute Gasteiger partial charge is 2.00 e. The summed E-state index contributed by atoms with van der Waals surface area (Å²) in [5.74, 6) is -0.0315. The van der Waals surface area contributed by atoms with E-state index in [0.717, 1.165) is 5.92 Å². The second kappa shape index (κ2) is 12.7. The third kappa shape index (κ3) is 6.84. The Kier molecular flexibility index (Phi) is 11.4. The van der Waals surface area contributed by atoms with Gasteiger partial charge in [-0.1, -0.05) is 0 Å². The Hall–Kier alpha value is -0.621. The Labute approximate surface area is 167 Å². The maximum Gasteiger partial charge on any atom is 2.00 e. The van der Waals surface area contributed by atoms with Crippen LogP contribution in [0.3, 0.4) is 0 Å². The SMILES string of the molecule is COC(=O)CCN1OC[C@H](C(=O)OC)[C@H]1[C]1[CH][CH][CH][CH]1.[CH]1[CH][CH][CH][CH]1.[Fe+2]. The summed E-state index contributed by atoms with van der Waals surface area (Å²) in [6.07, 6.45) is 17.9. The molecule has 0 unspecified atom stereocenters. The molecule has 7 heteroatoms. The number of hydrogen-bond donors (Lipinski definition) is 0. The van der Waals surface area contributed by atoms with Crippen LogP contribution in [-0.4, -0.2) is 50.4 Å². The van der Waals surface area contributed by atoms with Crippen molar-refractivity contribution in [3.05, 3.63) is 63.7 Å². The fourth-order valence-corrected chi connectivity index (χ4v) is 2.71. The number of carbonyl (C=O) groups is 2. The van der Waals surface area contributed by atoms with Gasteiger partial charge in [0, 0.05) is 12.5 Å². The van der Waals surface area contributed by atoms with E-state index >= 15 is 0 Å². The Morgan fingerprint density at radius 2 is 1.62 bits per heavy atom. The number of esters is 2. The van der Waals surface area contributed by atoms with E-state index in [9.17, 15) is 9.59 Å². The first kappa shape index (κ1) is 23.4. The van der Waals surface area contributed by atoms with E-state index in [0.29, 0.717) is 6.54 Å². The molecule has 2 atom stereocenters. The van der Waals surface area contributed by atoms with Gasteiger partial charge in [0.25, 0.3) is 0 Å². The smallest absolute Gasteiger partial charge is 0.469 e. The zero-order chi connectivity index (χ0) is 18.1. The van der Waals surface area contributed by atoms with E-state index in [2.05, 4.69) is 4.74 Å². The fourth-order valence-electron chi connectivity index (χ4n) is 2.71. The van der Waals surface area contributed by atoms with Crippen LogP contribution < -0.4 is 0 Å². The van der Waals surface area contributed by atoms with Crippen molar-refractivity contribution < 1.29 is 41.0 Å². The number of ether oxygens (including phenoxy) is 2. The van der Waals surface area contributed by atoms with E-state index in [1.165, 1.54) is 14.2 Å². The number of methoxy groups -OCH3 is 2. The first-order chi connectivity index (χ1) is 12.2. The topological polar surface area (TPSA) is 65.1 Å². The molecule has 0 aromatic rings. The Balaban J connectivity index is 0.000000486. The zero-order valence-corrected chi connectivity index (χ0v) is 15.9.